The Kier molecular flexibility index (Phi) is 5.71. The lowest BCUT2D eigenvalue weighted by molar-refractivity contribution is -0.152. The Bertz CT molecular complexity index is 474. The zero-order chi connectivity index (χ0) is 15.3. The highest BCUT2D eigenvalue weighted by molar-refractivity contribution is 8.00. The van der Waals surface area contributed by atoms with Gasteiger partial charge in [-0.15, -0.1) is 11.8 Å². The van der Waals surface area contributed by atoms with Gasteiger partial charge >= 0.3 is 5.97 Å². The summed E-state index contributed by atoms with van der Waals surface area (Å²) in [6.07, 6.45) is 3.92. The van der Waals surface area contributed by atoms with E-state index in [0.717, 1.165) is 25.7 Å². The summed E-state index contributed by atoms with van der Waals surface area (Å²) in [4.78, 5) is 13.6. The molecule has 0 spiro atoms. The molecule has 1 aromatic carbocycles. The average Bonchev–Trinajstić information content (AvgIpc) is 2.50. The van der Waals surface area contributed by atoms with E-state index in [1.165, 1.54) is 10.5 Å². The molecule has 0 saturated heterocycles. The minimum absolute atomic E-state index is 0.0956. The highest BCUT2D eigenvalue weighted by Crippen LogP contribution is 2.38. The number of ether oxygens (including phenoxy) is 1. The molecule has 2 atom stereocenters. The van der Waals surface area contributed by atoms with Crippen LogP contribution in [0.5, 0.6) is 0 Å². The molecule has 1 aliphatic rings. The fraction of sp³-hybridized carbons (Fsp3) is 0.588. The highest BCUT2D eigenvalue weighted by Gasteiger charge is 2.43. The maximum absolute atomic E-state index is 12.3. The zero-order valence-corrected chi connectivity index (χ0v) is 14.0. The number of thioether (sulfide) groups is 1. The van der Waals surface area contributed by atoms with Crippen molar-refractivity contribution in [3.63, 3.8) is 0 Å². The smallest absolute Gasteiger partial charge is 0.326 e. The molecule has 0 heterocycles. The van der Waals surface area contributed by atoms with Gasteiger partial charge in [-0.1, -0.05) is 17.7 Å². The van der Waals surface area contributed by atoms with Gasteiger partial charge in [0.05, 0.1) is 6.61 Å². The van der Waals surface area contributed by atoms with Gasteiger partial charge in [-0.05, 0) is 58.7 Å². The molecule has 2 unspecified atom stereocenters. The van der Waals surface area contributed by atoms with E-state index in [9.17, 15) is 4.79 Å². The van der Waals surface area contributed by atoms with Gasteiger partial charge < -0.3 is 10.1 Å². The van der Waals surface area contributed by atoms with E-state index in [-0.39, 0.29) is 5.97 Å². The molecule has 1 N–H and O–H groups in total. The number of likely N-dealkylation sites (N-methyl/N-ethyl adjacent to an activating group) is 1. The van der Waals surface area contributed by atoms with Crippen molar-refractivity contribution in [3.05, 3.63) is 29.8 Å². The summed E-state index contributed by atoms with van der Waals surface area (Å²) in [6, 6.07) is 8.61. The first-order valence-electron chi connectivity index (χ1n) is 7.69. The molecule has 1 aliphatic carbocycles. The van der Waals surface area contributed by atoms with Gasteiger partial charge in [-0.2, -0.15) is 0 Å². The van der Waals surface area contributed by atoms with Gasteiger partial charge in [0.25, 0.3) is 0 Å². The number of hydrogen-bond acceptors (Lipinski definition) is 4. The largest absolute Gasteiger partial charge is 0.465 e. The molecule has 4 heteroatoms. The number of hydrogen-bond donors (Lipinski definition) is 1. The summed E-state index contributed by atoms with van der Waals surface area (Å²) in [7, 11) is 1.87. The van der Waals surface area contributed by atoms with E-state index < -0.39 is 5.54 Å². The van der Waals surface area contributed by atoms with E-state index in [2.05, 4.69) is 36.5 Å². The van der Waals surface area contributed by atoms with Crippen LogP contribution < -0.4 is 5.32 Å². The van der Waals surface area contributed by atoms with Crippen LogP contribution >= 0.6 is 11.8 Å². The fourth-order valence-electron chi connectivity index (χ4n) is 2.92. The van der Waals surface area contributed by atoms with Crippen molar-refractivity contribution in [1.82, 2.24) is 5.32 Å². The van der Waals surface area contributed by atoms with Crippen molar-refractivity contribution in [2.45, 2.75) is 55.2 Å². The fourth-order valence-corrected chi connectivity index (χ4v) is 4.25. The van der Waals surface area contributed by atoms with Crippen LogP contribution in [-0.2, 0) is 9.53 Å². The molecule has 1 fully saturated rings. The Hall–Kier alpha value is -1.00. The van der Waals surface area contributed by atoms with Crippen molar-refractivity contribution in [1.29, 1.82) is 0 Å². The molecule has 0 bridgehead atoms. The first-order valence-corrected chi connectivity index (χ1v) is 8.57. The average molecular weight is 307 g/mol. The van der Waals surface area contributed by atoms with Gasteiger partial charge in [-0.3, -0.25) is 4.79 Å². The lowest BCUT2D eigenvalue weighted by atomic mass is 9.81. The number of carbonyl (C=O) groups is 1. The standard InChI is InChI=1S/C17H25NO2S/c1-4-20-16(19)17(18-3)11-5-6-15(12-17)21-14-9-7-13(2)8-10-14/h7-10,15,18H,4-6,11-12H2,1-3H3. The van der Waals surface area contributed by atoms with E-state index in [1.54, 1.807) is 0 Å². The van der Waals surface area contributed by atoms with Crippen molar-refractivity contribution in [2.24, 2.45) is 0 Å². The van der Waals surface area contributed by atoms with Crippen molar-refractivity contribution >= 4 is 17.7 Å². The molecule has 116 valence electrons. The Morgan fingerprint density at radius 3 is 2.76 bits per heavy atom. The number of carbonyl (C=O) groups excluding carboxylic acids is 1. The van der Waals surface area contributed by atoms with Crippen LogP contribution in [0.3, 0.4) is 0 Å². The molecule has 0 amide bonds. The summed E-state index contributed by atoms with van der Waals surface area (Å²) in [5.41, 5.74) is 0.774. The number of aryl methyl sites for hydroxylation is 1. The molecule has 1 saturated carbocycles. The number of benzene rings is 1. The normalized spacial score (nSPS) is 25.6. The maximum atomic E-state index is 12.3. The quantitative estimate of drug-likeness (QED) is 0.844. The van der Waals surface area contributed by atoms with E-state index in [4.69, 9.17) is 4.74 Å². The third-order valence-corrected chi connectivity index (χ3v) is 5.45. The Morgan fingerprint density at radius 2 is 2.14 bits per heavy atom. The summed E-state index contributed by atoms with van der Waals surface area (Å²) < 4.78 is 5.28. The van der Waals surface area contributed by atoms with Gasteiger partial charge in [0.1, 0.15) is 5.54 Å². The molecule has 2 rings (SSSR count). The predicted molar refractivity (Wildman–Crippen MR) is 87.7 cm³/mol. The Labute approximate surface area is 131 Å². The molecule has 1 aromatic rings. The second-order valence-corrected chi connectivity index (χ2v) is 7.08. The lowest BCUT2D eigenvalue weighted by Gasteiger charge is -2.38. The van der Waals surface area contributed by atoms with Crippen LogP contribution in [0.4, 0.5) is 0 Å². The lowest BCUT2D eigenvalue weighted by Crippen LogP contribution is -2.54. The molecule has 0 aliphatic heterocycles. The van der Waals surface area contributed by atoms with Crippen LogP contribution in [0, 0.1) is 6.92 Å². The molecule has 21 heavy (non-hydrogen) atoms. The molecule has 3 nitrogen and oxygen atoms in total. The second-order valence-electron chi connectivity index (χ2n) is 5.70. The van der Waals surface area contributed by atoms with Gasteiger partial charge in [0, 0.05) is 10.1 Å². The first kappa shape index (κ1) is 16.4. The molecule has 0 radical (unpaired) electrons. The van der Waals surface area contributed by atoms with E-state index >= 15 is 0 Å². The van der Waals surface area contributed by atoms with E-state index in [1.807, 2.05) is 25.7 Å². The van der Waals surface area contributed by atoms with Crippen molar-refractivity contribution < 1.29 is 9.53 Å². The van der Waals surface area contributed by atoms with Gasteiger partial charge in [-0.25, -0.2) is 0 Å². The van der Waals surface area contributed by atoms with Gasteiger partial charge in [0.2, 0.25) is 0 Å². The van der Waals surface area contributed by atoms with Crippen molar-refractivity contribution in [2.75, 3.05) is 13.7 Å². The second kappa shape index (κ2) is 7.32. The third-order valence-electron chi connectivity index (χ3n) is 4.17. The predicted octanol–water partition coefficient (Wildman–Crippen LogP) is 3.55. The number of nitrogens with one attached hydrogen (secondary N) is 1. The monoisotopic (exact) mass is 307 g/mol. The minimum Gasteiger partial charge on any atom is -0.465 e. The summed E-state index contributed by atoms with van der Waals surface area (Å²) in [5, 5.41) is 3.70. The number of rotatable bonds is 5. The summed E-state index contributed by atoms with van der Waals surface area (Å²) in [5.74, 6) is -0.0956. The highest BCUT2D eigenvalue weighted by atomic mass is 32.2. The van der Waals surface area contributed by atoms with Crippen LogP contribution in [0.2, 0.25) is 0 Å². The maximum Gasteiger partial charge on any atom is 0.326 e. The minimum atomic E-state index is -0.503. The molecular weight excluding hydrogens is 282 g/mol. The first-order chi connectivity index (χ1) is 10.1. The third kappa shape index (κ3) is 4.01. The van der Waals surface area contributed by atoms with Crippen LogP contribution in [0.15, 0.2) is 29.2 Å². The SMILES string of the molecule is CCOC(=O)C1(NC)CCCC(Sc2ccc(C)cc2)C1. The van der Waals surface area contributed by atoms with Crippen LogP contribution in [-0.4, -0.2) is 30.4 Å². The van der Waals surface area contributed by atoms with Crippen molar-refractivity contribution in [3.8, 4) is 0 Å². The van der Waals surface area contributed by atoms with E-state index in [0.29, 0.717) is 11.9 Å². The van der Waals surface area contributed by atoms with Gasteiger partial charge in [0.15, 0.2) is 0 Å². The topological polar surface area (TPSA) is 38.3 Å². The summed E-state index contributed by atoms with van der Waals surface area (Å²) >= 11 is 1.88. The summed E-state index contributed by atoms with van der Waals surface area (Å²) in [6.45, 7) is 4.41. The molecular formula is C17H25NO2S. The zero-order valence-electron chi connectivity index (χ0n) is 13.1. The molecule has 0 aromatic heterocycles. The Morgan fingerprint density at radius 1 is 1.43 bits per heavy atom. The van der Waals surface area contributed by atoms with Crippen LogP contribution in [0.25, 0.3) is 0 Å². The number of esters is 1. The Balaban J connectivity index is 2.05. The van der Waals surface area contributed by atoms with Crippen LogP contribution in [0.1, 0.15) is 38.2 Å².